The van der Waals surface area contributed by atoms with Crippen LogP contribution in [-0.4, -0.2) is 10.9 Å². The third-order valence-electron chi connectivity index (χ3n) is 2.24. The molecule has 0 saturated carbocycles. The van der Waals surface area contributed by atoms with Crippen molar-refractivity contribution in [2.45, 2.75) is 0 Å². The molecule has 2 aromatic rings. The summed E-state index contributed by atoms with van der Waals surface area (Å²) in [4.78, 5) is 15.7. The molecule has 0 bridgehead atoms. The summed E-state index contributed by atoms with van der Waals surface area (Å²) in [5, 5.41) is 2.61. The van der Waals surface area contributed by atoms with Crippen molar-refractivity contribution in [3.63, 3.8) is 0 Å². The molecule has 0 aliphatic rings. The van der Waals surface area contributed by atoms with Crippen LogP contribution >= 0.6 is 34.8 Å². The highest BCUT2D eigenvalue weighted by atomic mass is 35.5. The Kier molecular flexibility index (Phi) is 4.24. The Morgan fingerprint density at radius 3 is 2.53 bits per heavy atom. The second-order valence-electron chi connectivity index (χ2n) is 3.56. The summed E-state index contributed by atoms with van der Waals surface area (Å²) < 4.78 is 13.0. The molecule has 0 radical (unpaired) electrons. The molecule has 1 amide bonds. The van der Waals surface area contributed by atoms with E-state index < -0.39 is 11.7 Å². The van der Waals surface area contributed by atoms with E-state index in [1.165, 1.54) is 24.3 Å². The van der Waals surface area contributed by atoms with Crippen LogP contribution in [-0.2, 0) is 0 Å². The number of hydrogen-bond acceptors (Lipinski definition) is 2. The van der Waals surface area contributed by atoms with Gasteiger partial charge in [0.25, 0.3) is 5.91 Å². The first-order valence-corrected chi connectivity index (χ1v) is 6.19. The Morgan fingerprint density at radius 1 is 1.16 bits per heavy atom. The number of aromatic nitrogens is 1. The van der Waals surface area contributed by atoms with E-state index in [1.807, 2.05) is 0 Å². The van der Waals surface area contributed by atoms with Gasteiger partial charge in [0.2, 0.25) is 0 Å². The lowest BCUT2D eigenvalue weighted by Gasteiger charge is -2.07. The maximum atomic E-state index is 13.0. The standard InChI is InChI=1S/C12H6Cl3FN2O/c13-8-5-6(1-3-9(8)16)17-12(19)7-2-4-10(14)18-11(7)15/h1-5H,(H,17,19). The van der Waals surface area contributed by atoms with Crippen molar-refractivity contribution < 1.29 is 9.18 Å². The summed E-state index contributed by atoms with van der Waals surface area (Å²) in [6, 6.07) is 6.72. The summed E-state index contributed by atoms with van der Waals surface area (Å²) in [6.07, 6.45) is 0. The Hall–Kier alpha value is -1.36. The second-order valence-corrected chi connectivity index (χ2v) is 4.71. The first-order valence-electron chi connectivity index (χ1n) is 5.06. The molecule has 1 heterocycles. The number of pyridine rings is 1. The molecule has 0 atom stereocenters. The Morgan fingerprint density at radius 2 is 1.89 bits per heavy atom. The van der Waals surface area contributed by atoms with E-state index in [1.54, 1.807) is 0 Å². The van der Waals surface area contributed by atoms with Gasteiger partial charge < -0.3 is 5.32 Å². The van der Waals surface area contributed by atoms with Gasteiger partial charge >= 0.3 is 0 Å². The monoisotopic (exact) mass is 318 g/mol. The highest BCUT2D eigenvalue weighted by Crippen LogP contribution is 2.21. The molecule has 0 spiro atoms. The van der Waals surface area contributed by atoms with E-state index in [4.69, 9.17) is 34.8 Å². The van der Waals surface area contributed by atoms with Crippen LogP contribution in [0.4, 0.5) is 10.1 Å². The zero-order valence-corrected chi connectivity index (χ0v) is 11.5. The fourth-order valence-corrected chi connectivity index (χ4v) is 1.96. The molecular weight excluding hydrogens is 314 g/mol. The van der Waals surface area contributed by atoms with Gasteiger partial charge in [-0.1, -0.05) is 34.8 Å². The van der Waals surface area contributed by atoms with Gasteiger partial charge in [-0.3, -0.25) is 4.79 Å². The SMILES string of the molecule is O=C(Nc1ccc(F)c(Cl)c1)c1ccc(Cl)nc1Cl. The van der Waals surface area contributed by atoms with Crippen LogP contribution in [0.25, 0.3) is 0 Å². The maximum absolute atomic E-state index is 13.0. The number of halogens is 4. The predicted molar refractivity (Wildman–Crippen MR) is 73.6 cm³/mol. The zero-order valence-electron chi connectivity index (χ0n) is 9.25. The molecule has 0 aliphatic heterocycles. The van der Waals surface area contributed by atoms with E-state index in [9.17, 15) is 9.18 Å². The van der Waals surface area contributed by atoms with E-state index in [-0.39, 0.29) is 20.9 Å². The lowest BCUT2D eigenvalue weighted by atomic mass is 10.2. The third-order valence-corrected chi connectivity index (χ3v) is 3.03. The van der Waals surface area contributed by atoms with Crippen LogP contribution in [0.15, 0.2) is 30.3 Å². The van der Waals surface area contributed by atoms with Crippen LogP contribution < -0.4 is 5.32 Å². The van der Waals surface area contributed by atoms with Crippen molar-refractivity contribution in [3.05, 3.63) is 57.0 Å². The van der Waals surface area contributed by atoms with Crippen LogP contribution in [0.3, 0.4) is 0 Å². The summed E-state index contributed by atoms with van der Waals surface area (Å²) in [5.74, 6) is -1.05. The lowest BCUT2D eigenvalue weighted by molar-refractivity contribution is 0.102. The molecule has 0 fully saturated rings. The van der Waals surface area contributed by atoms with E-state index >= 15 is 0 Å². The van der Waals surface area contributed by atoms with E-state index in [0.29, 0.717) is 5.69 Å². The van der Waals surface area contributed by atoms with Crippen LogP contribution in [0.1, 0.15) is 10.4 Å². The number of benzene rings is 1. The van der Waals surface area contributed by atoms with Gasteiger partial charge in [0.05, 0.1) is 10.6 Å². The molecule has 19 heavy (non-hydrogen) atoms. The first-order chi connectivity index (χ1) is 8.97. The molecule has 1 aromatic carbocycles. The fourth-order valence-electron chi connectivity index (χ4n) is 1.35. The average Bonchev–Trinajstić information content (AvgIpc) is 2.33. The number of carbonyl (C=O) groups is 1. The summed E-state index contributed by atoms with van der Waals surface area (Å²) in [6.45, 7) is 0. The molecule has 2 rings (SSSR count). The van der Waals surface area contributed by atoms with Gasteiger partial charge in [0.1, 0.15) is 16.1 Å². The minimum absolute atomic E-state index is 0.0155. The van der Waals surface area contributed by atoms with Crippen molar-refractivity contribution in [1.82, 2.24) is 4.98 Å². The average molecular weight is 320 g/mol. The fraction of sp³-hybridized carbons (Fsp3) is 0. The first kappa shape index (κ1) is 14.1. The summed E-state index contributed by atoms with van der Waals surface area (Å²) >= 11 is 17.1. The van der Waals surface area contributed by atoms with Gasteiger partial charge in [-0.2, -0.15) is 0 Å². The number of rotatable bonds is 2. The van der Waals surface area contributed by atoms with Gasteiger partial charge in [0.15, 0.2) is 0 Å². The van der Waals surface area contributed by atoms with Crippen LogP contribution in [0, 0.1) is 5.82 Å². The highest BCUT2D eigenvalue weighted by molar-refractivity contribution is 6.35. The molecule has 0 unspecified atom stereocenters. The number of carbonyl (C=O) groups excluding carboxylic acids is 1. The van der Waals surface area contributed by atoms with Gasteiger partial charge in [-0.25, -0.2) is 9.37 Å². The lowest BCUT2D eigenvalue weighted by Crippen LogP contribution is -2.13. The third kappa shape index (κ3) is 3.35. The molecule has 1 aromatic heterocycles. The van der Waals surface area contributed by atoms with Crippen molar-refractivity contribution >= 4 is 46.4 Å². The molecule has 3 nitrogen and oxygen atoms in total. The second kappa shape index (κ2) is 5.74. The maximum Gasteiger partial charge on any atom is 0.258 e. The van der Waals surface area contributed by atoms with Gasteiger partial charge in [-0.15, -0.1) is 0 Å². The number of hydrogen-bond donors (Lipinski definition) is 1. The van der Waals surface area contributed by atoms with Crippen molar-refractivity contribution in [2.24, 2.45) is 0 Å². The highest BCUT2D eigenvalue weighted by Gasteiger charge is 2.12. The minimum Gasteiger partial charge on any atom is -0.322 e. The molecular formula is C12H6Cl3FN2O. The normalized spacial score (nSPS) is 10.3. The Balaban J connectivity index is 2.23. The van der Waals surface area contributed by atoms with E-state index in [2.05, 4.69) is 10.3 Å². The van der Waals surface area contributed by atoms with Gasteiger partial charge in [-0.05, 0) is 30.3 Å². The predicted octanol–water partition coefficient (Wildman–Crippen LogP) is 4.43. The zero-order chi connectivity index (χ0) is 14.0. The Labute approximate surface area is 123 Å². The number of nitrogens with one attached hydrogen (secondary N) is 1. The summed E-state index contributed by atoms with van der Waals surface area (Å²) in [7, 11) is 0. The number of anilines is 1. The number of nitrogens with zero attached hydrogens (tertiary/aromatic N) is 1. The van der Waals surface area contributed by atoms with Gasteiger partial charge in [0, 0.05) is 5.69 Å². The topological polar surface area (TPSA) is 42.0 Å². The molecule has 0 aliphatic carbocycles. The smallest absolute Gasteiger partial charge is 0.258 e. The Bertz CT molecular complexity index is 649. The number of amides is 1. The van der Waals surface area contributed by atoms with Crippen LogP contribution in [0.2, 0.25) is 15.3 Å². The van der Waals surface area contributed by atoms with Crippen molar-refractivity contribution in [3.8, 4) is 0 Å². The van der Waals surface area contributed by atoms with Crippen molar-refractivity contribution in [2.75, 3.05) is 5.32 Å². The molecule has 98 valence electrons. The summed E-state index contributed by atoms with van der Waals surface area (Å²) in [5.41, 5.74) is 0.508. The molecule has 0 saturated heterocycles. The molecule has 7 heteroatoms. The largest absolute Gasteiger partial charge is 0.322 e. The van der Waals surface area contributed by atoms with E-state index in [0.717, 1.165) is 6.07 Å². The molecule has 1 N–H and O–H groups in total. The van der Waals surface area contributed by atoms with Crippen molar-refractivity contribution in [1.29, 1.82) is 0 Å². The van der Waals surface area contributed by atoms with Crippen LogP contribution in [0.5, 0.6) is 0 Å². The quantitative estimate of drug-likeness (QED) is 0.832. The minimum atomic E-state index is -0.564.